The first-order valence-electron chi connectivity index (χ1n) is 11.3. The van der Waals surface area contributed by atoms with E-state index in [1.165, 1.54) is 13.5 Å². The average molecular weight is 447 g/mol. The lowest BCUT2D eigenvalue weighted by Gasteiger charge is -2.37. The van der Waals surface area contributed by atoms with Crippen LogP contribution in [0, 0.1) is 0 Å². The second kappa shape index (κ2) is 11.7. The highest BCUT2D eigenvalue weighted by molar-refractivity contribution is 5.91. The zero-order valence-corrected chi connectivity index (χ0v) is 18.9. The molecule has 0 aromatic heterocycles. The van der Waals surface area contributed by atoms with Crippen LogP contribution in [-0.2, 0) is 20.7 Å². The molecule has 9 nitrogen and oxygen atoms in total. The minimum atomic E-state index is -0.855. The number of methoxy groups -OCH3 is 2. The minimum Gasteiger partial charge on any atom is -0.497 e. The Bertz CT molecular complexity index is 779. The Labute approximate surface area is 189 Å². The summed E-state index contributed by atoms with van der Waals surface area (Å²) in [7, 11) is 2.88. The number of benzene rings is 1. The van der Waals surface area contributed by atoms with Crippen molar-refractivity contribution in [1.82, 2.24) is 20.9 Å². The normalized spacial score (nSPS) is 20.2. The van der Waals surface area contributed by atoms with E-state index < -0.39 is 18.1 Å². The first-order chi connectivity index (χ1) is 15.5. The number of nitrogens with one attached hydrogen (secondary N) is 3. The molecule has 2 fully saturated rings. The van der Waals surface area contributed by atoms with Crippen molar-refractivity contribution in [2.45, 2.75) is 56.7 Å². The Balaban J connectivity index is 1.65. The summed E-state index contributed by atoms with van der Waals surface area (Å²) in [6, 6.07) is 5.67. The molecule has 2 unspecified atom stereocenters. The number of hydrogen-bond acceptors (Lipinski definition) is 6. The second-order valence-corrected chi connectivity index (χ2v) is 8.33. The second-order valence-electron chi connectivity index (χ2n) is 8.33. The maximum absolute atomic E-state index is 13.1. The number of esters is 1. The van der Waals surface area contributed by atoms with Gasteiger partial charge >= 0.3 is 12.0 Å². The lowest BCUT2D eigenvalue weighted by molar-refractivity contribution is -0.145. The van der Waals surface area contributed by atoms with Crippen LogP contribution in [0.3, 0.4) is 0 Å². The van der Waals surface area contributed by atoms with Crippen molar-refractivity contribution in [3.63, 3.8) is 0 Å². The molecule has 9 heteroatoms. The quantitative estimate of drug-likeness (QED) is 0.544. The van der Waals surface area contributed by atoms with E-state index >= 15 is 0 Å². The fourth-order valence-electron chi connectivity index (χ4n) is 4.29. The van der Waals surface area contributed by atoms with Gasteiger partial charge in [-0.3, -0.25) is 4.79 Å². The predicted molar refractivity (Wildman–Crippen MR) is 119 cm³/mol. The molecule has 0 radical (unpaired) electrons. The molecule has 2 aliphatic rings. The summed E-state index contributed by atoms with van der Waals surface area (Å²) in [5.41, 5.74) is 0.857. The molecule has 3 amide bonds. The molecule has 2 atom stereocenters. The highest BCUT2D eigenvalue weighted by Crippen LogP contribution is 2.18. The van der Waals surface area contributed by atoms with Crippen LogP contribution < -0.4 is 20.7 Å². The number of rotatable bonds is 7. The molecule has 32 heavy (non-hydrogen) atoms. The Kier molecular flexibility index (Phi) is 8.72. The SMILES string of the molecule is COC(=O)C(Cc1ccc(OC)cc1)NC(=O)C1CNCCN1C(=O)NC1CCCCC1. The number of ether oxygens (including phenoxy) is 2. The van der Waals surface area contributed by atoms with E-state index in [0.717, 1.165) is 31.2 Å². The van der Waals surface area contributed by atoms with Crippen LogP contribution >= 0.6 is 0 Å². The Hall–Kier alpha value is -2.81. The molecule has 1 saturated carbocycles. The van der Waals surface area contributed by atoms with Gasteiger partial charge in [-0.25, -0.2) is 9.59 Å². The van der Waals surface area contributed by atoms with Crippen LogP contribution in [0.1, 0.15) is 37.7 Å². The van der Waals surface area contributed by atoms with Gasteiger partial charge < -0.3 is 30.3 Å². The number of urea groups is 1. The van der Waals surface area contributed by atoms with E-state index in [1.54, 1.807) is 24.1 Å². The van der Waals surface area contributed by atoms with Crippen molar-refractivity contribution in [2.24, 2.45) is 0 Å². The van der Waals surface area contributed by atoms with Crippen LogP contribution in [0.25, 0.3) is 0 Å². The van der Waals surface area contributed by atoms with Gasteiger partial charge in [-0.1, -0.05) is 31.4 Å². The summed E-state index contributed by atoms with van der Waals surface area (Å²) in [6.07, 6.45) is 5.65. The van der Waals surface area contributed by atoms with Gasteiger partial charge in [-0.2, -0.15) is 0 Å². The van der Waals surface area contributed by atoms with Crippen molar-refractivity contribution in [2.75, 3.05) is 33.9 Å². The van der Waals surface area contributed by atoms with Gasteiger partial charge in [0, 0.05) is 32.1 Å². The molecular weight excluding hydrogens is 412 g/mol. The van der Waals surface area contributed by atoms with Crippen LogP contribution in [0.5, 0.6) is 5.75 Å². The van der Waals surface area contributed by atoms with Gasteiger partial charge in [0.1, 0.15) is 17.8 Å². The van der Waals surface area contributed by atoms with E-state index in [-0.39, 0.29) is 24.4 Å². The standard InChI is InChI=1S/C23H34N4O5/c1-31-18-10-8-16(9-11-18)14-19(22(29)32-2)26-21(28)20-15-24-12-13-27(20)23(30)25-17-6-4-3-5-7-17/h8-11,17,19-20,24H,3-7,12-15H2,1-2H3,(H,25,30)(H,26,28). The number of amides is 3. The molecular formula is C23H34N4O5. The third kappa shape index (κ3) is 6.35. The van der Waals surface area contributed by atoms with Crippen LogP contribution in [0.4, 0.5) is 4.79 Å². The summed E-state index contributed by atoms with van der Waals surface area (Å²) in [5.74, 6) is -0.198. The maximum Gasteiger partial charge on any atom is 0.328 e. The summed E-state index contributed by atoms with van der Waals surface area (Å²) in [5, 5.41) is 9.05. The third-order valence-corrected chi connectivity index (χ3v) is 6.14. The number of nitrogens with zero attached hydrogens (tertiary/aromatic N) is 1. The molecule has 1 aromatic rings. The smallest absolute Gasteiger partial charge is 0.328 e. The summed E-state index contributed by atoms with van der Waals surface area (Å²) >= 11 is 0. The minimum absolute atomic E-state index is 0.160. The van der Waals surface area contributed by atoms with E-state index in [2.05, 4.69) is 16.0 Å². The fraction of sp³-hybridized carbons (Fsp3) is 0.609. The number of carbonyl (C=O) groups excluding carboxylic acids is 3. The van der Waals surface area contributed by atoms with Gasteiger partial charge in [0.15, 0.2) is 0 Å². The van der Waals surface area contributed by atoms with Crippen LogP contribution in [0.2, 0.25) is 0 Å². The van der Waals surface area contributed by atoms with Gasteiger partial charge in [0.25, 0.3) is 0 Å². The first-order valence-corrected chi connectivity index (χ1v) is 11.3. The third-order valence-electron chi connectivity index (χ3n) is 6.14. The highest BCUT2D eigenvalue weighted by Gasteiger charge is 2.35. The van der Waals surface area contributed by atoms with Crippen LogP contribution in [0.15, 0.2) is 24.3 Å². The van der Waals surface area contributed by atoms with E-state index in [9.17, 15) is 14.4 Å². The molecule has 3 rings (SSSR count). The maximum atomic E-state index is 13.1. The summed E-state index contributed by atoms with van der Waals surface area (Å²) in [4.78, 5) is 40.0. The number of hydrogen-bond donors (Lipinski definition) is 3. The molecule has 3 N–H and O–H groups in total. The zero-order chi connectivity index (χ0) is 22.9. The molecule has 176 valence electrons. The fourth-order valence-corrected chi connectivity index (χ4v) is 4.29. The summed E-state index contributed by atoms with van der Waals surface area (Å²) in [6.45, 7) is 1.38. The number of piperazine rings is 1. The first kappa shape index (κ1) is 23.8. The van der Waals surface area contributed by atoms with Gasteiger partial charge in [-0.05, 0) is 30.5 Å². The number of carbonyl (C=O) groups is 3. The summed E-state index contributed by atoms with van der Waals surface area (Å²) < 4.78 is 10.1. The molecule has 1 aromatic carbocycles. The van der Waals surface area contributed by atoms with Crippen molar-refractivity contribution in [3.05, 3.63) is 29.8 Å². The molecule has 1 aliphatic heterocycles. The van der Waals surface area contributed by atoms with E-state index in [4.69, 9.17) is 9.47 Å². The Morgan fingerprint density at radius 2 is 1.84 bits per heavy atom. The van der Waals surface area contributed by atoms with E-state index in [1.807, 2.05) is 12.1 Å². The molecule has 1 heterocycles. The Morgan fingerprint density at radius 1 is 1.12 bits per heavy atom. The van der Waals surface area contributed by atoms with Crippen molar-refractivity contribution in [1.29, 1.82) is 0 Å². The molecule has 0 bridgehead atoms. The molecule has 1 aliphatic carbocycles. The van der Waals surface area contributed by atoms with Gasteiger partial charge in [-0.15, -0.1) is 0 Å². The van der Waals surface area contributed by atoms with Crippen molar-refractivity contribution >= 4 is 17.9 Å². The van der Waals surface area contributed by atoms with Gasteiger partial charge in [0.2, 0.25) is 5.91 Å². The molecule has 0 spiro atoms. The lowest BCUT2D eigenvalue weighted by Crippen LogP contribution is -2.63. The highest BCUT2D eigenvalue weighted by atomic mass is 16.5. The average Bonchev–Trinajstić information content (AvgIpc) is 2.84. The molecule has 1 saturated heterocycles. The van der Waals surface area contributed by atoms with E-state index in [0.29, 0.717) is 25.4 Å². The van der Waals surface area contributed by atoms with Gasteiger partial charge in [0.05, 0.1) is 14.2 Å². The zero-order valence-electron chi connectivity index (χ0n) is 18.9. The predicted octanol–water partition coefficient (Wildman–Crippen LogP) is 1.21. The lowest BCUT2D eigenvalue weighted by atomic mass is 9.96. The van der Waals surface area contributed by atoms with Crippen molar-refractivity contribution < 1.29 is 23.9 Å². The van der Waals surface area contributed by atoms with Crippen molar-refractivity contribution in [3.8, 4) is 5.75 Å². The monoisotopic (exact) mass is 446 g/mol. The van der Waals surface area contributed by atoms with Crippen LogP contribution in [-0.4, -0.2) is 74.8 Å². The Morgan fingerprint density at radius 3 is 2.50 bits per heavy atom. The largest absolute Gasteiger partial charge is 0.497 e. The topological polar surface area (TPSA) is 109 Å².